The van der Waals surface area contributed by atoms with Gasteiger partial charge in [0, 0.05) is 11.8 Å². The van der Waals surface area contributed by atoms with Crippen LogP contribution in [-0.4, -0.2) is 6.73 Å². The van der Waals surface area contributed by atoms with Gasteiger partial charge in [0.2, 0.25) is 0 Å². The minimum absolute atomic E-state index is 0.293. The Balaban J connectivity index is 0.000000256. The molecule has 3 nitrogen and oxygen atoms in total. The predicted molar refractivity (Wildman–Crippen MR) is 111 cm³/mol. The Hall–Kier alpha value is -1.59. The van der Waals surface area contributed by atoms with Gasteiger partial charge in [-0.05, 0) is 34.1 Å². The first-order chi connectivity index (χ1) is 12.8. The molecule has 0 radical (unpaired) electrons. The van der Waals surface area contributed by atoms with Crippen LogP contribution in [0, 0.1) is 5.82 Å². The van der Waals surface area contributed by atoms with E-state index in [1.54, 1.807) is 6.07 Å². The van der Waals surface area contributed by atoms with Crippen LogP contribution in [0.25, 0.3) is 0 Å². The van der Waals surface area contributed by atoms with Crippen LogP contribution in [-0.2, 0) is 4.84 Å². The molecule has 0 amide bonds. The standard InChI is InChI=1S/C13H10BrFN2O.C6H12.C2H6/c14-10-6-12-13(7-11(10)15)17(8-18-16-12)9-4-2-1-3-5-9;1-2-4-6-5-3-1;1-2/h1-7,16H,8H2;1-6H2;1-2H3. The molecule has 4 rings (SSSR count). The molecule has 1 fully saturated rings. The van der Waals surface area contributed by atoms with Crippen molar-refractivity contribution in [3.05, 3.63) is 52.8 Å². The van der Waals surface area contributed by atoms with Crippen LogP contribution in [0.3, 0.4) is 0 Å². The van der Waals surface area contributed by atoms with E-state index < -0.39 is 0 Å². The van der Waals surface area contributed by atoms with Crippen molar-refractivity contribution in [2.24, 2.45) is 0 Å². The maximum Gasteiger partial charge on any atom is 0.150 e. The van der Waals surface area contributed by atoms with Crippen LogP contribution in [0.2, 0.25) is 0 Å². The number of anilines is 3. The molecule has 5 heteroatoms. The zero-order valence-corrected chi connectivity index (χ0v) is 17.2. The maximum absolute atomic E-state index is 13.7. The van der Waals surface area contributed by atoms with E-state index >= 15 is 0 Å². The molecule has 0 unspecified atom stereocenters. The Morgan fingerprint density at radius 3 is 2.12 bits per heavy atom. The number of hydrogen-bond donors (Lipinski definition) is 1. The van der Waals surface area contributed by atoms with Crippen LogP contribution in [0.15, 0.2) is 46.9 Å². The molecule has 0 bridgehead atoms. The number of fused-ring (bicyclic) bond motifs is 1. The van der Waals surface area contributed by atoms with Gasteiger partial charge in [-0.25, -0.2) is 4.39 Å². The van der Waals surface area contributed by atoms with Gasteiger partial charge in [-0.1, -0.05) is 70.6 Å². The molecule has 0 saturated heterocycles. The van der Waals surface area contributed by atoms with Gasteiger partial charge in [0.1, 0.15) is 5.82 Å². The monoisotopic (exact) mass is 422 g/mol. The fraction of sp³-hybridized carbons (Fsp3) is 0.429. The summed E-state index contributed by atoms with van der Waals surface area (Å²) in [6, 6.07) is 12.9. The highest BCUT2D eigenvalue weighted by Gasteiger charge is 2.20. The normalized spacial score (nSPS) is 15.5. The smallest absolute Gasteiger partial charge is 0.150 e. The number of hydrogen-bond acceptors (Lipinski definition) is 3. The van der Waals surface area contributed by atoms with Crippen molar-refractivity contribution in [1.82, 2.24) is 0 Å². The Kier molecular flexibility index (Phi) is 8.92. The summed E-state index contributed by atoms with van der Waals surface area (Å²) in [5.74, 6) is -0.293. The summed E-state index contributed by atoms with van der Waals surface area (Å²) in [4.78, 5) is 7.19. The minimum atomic E-state index is -0.293. The highest BCUT2D eigenvalue weighted by molar-refractivity contribution is 9.10. The van der Waals surface area contributed by atoms with Gasteiger partial charge >= 0.3 is 0 Å². The highest BCUT2D eigenvalue weighted by Crippen LogP contribution is 2.37. The maximum atomic E-state index is 13.7. The van der Waals surface area contributed by atoms with Crippen molar-refractivity contribution in [1.29, 1.82) is 0 Å². The summed E-state index contributed by atoms with van der Waals surface area (Å²) >= 11 is 3.16. The van der Waals surface area contributed by atoms with Crippen molar-refractivity contribution in [2.45, 2.75) is 52.4 Å². The van der Waals surface area contributed by atoms with E-state index in [9.17, 15) is 4.39 Å². The average Bonchev–Trinajstić information content (AvgIpc) is 2.72. The van der Waals surface area contributed by atoms with Gasteiger partial charge in [-0.2, -0.15) is 0 Å². The summed E-state index contributed by atoms with van der Waals surface area (Å²) in [7, 11) is 0. The molecule has 1 aliphatic carbocycles. The first-order valence-electron chi connectivity index (χ1n) is 9.45. The van der Waals surface area contributed by atoms with E-state index in [-0.39, 0.29) is 5.82 Å². The fourth-order valence-corrected chi connectivity index (χ4v) is 3.31. The molecule has 1 aliphatic heterocycles. The third-order valence-electron chi connectivity index (χ3n) is 4.27. The molecule has 0 atom stereocenters. The second kappa shape index (κ2) is 11.2. The molecule has 2 aromatic carbocycles. The van der Waals surface area contributed by atoms with Crippen LogP contribution in [0.1, 0.15) is 52.4 Å². The summed E-state index contributed by atoms with van der Waals surface area (Å²) in [6.07, 6.45) is 9.00. The average molecular weight is 423 g/mol. The minimum Gasteiger partial charge on any atom is -0.313 e. The fourth-order valence-electron chi connectivity index (χ4n) is 2.97. The van der Waals surface area contributed by atoms with Crippen molar-refractivity contribution >= 4 is 33.0 Å². The van der Waals surface area contributed by atoms with Crippen molar-refractivity contribution in [2.75, 3.05) is 17.1 Å². The Labute approximate surface area is 164 Å². The molecular formula is C21H28BrFN2O. The largest absolute Gasteiger partial charge is 0.313 e. The molecular weight excluding hydrogens is 395 g/mol. The molecule has 1 saturated carbocycles. The van der Waals surface area contributed by atoms with E-state index in [0.717, 1.165) is 17.1 Å². The molecule has 0 spiro atoms. The van der Waals surface area contributed by atoms with E-state index in [4.69, 9.17) is 4.84 Å². The molecule has 1 N–H and O–H groups in total. The van der Waals surface area contributed by atoms with E-state index in [1.807, 2.05) is 49.1 Å². The lowest BCUT2D eigenvalue weighted by molar-refractivity contribution is 0.193. The van der Waals surface area contributed by atoms with Gasteiger partial charge < -0.3 is 4.90 Å². The van der Waals surface area contributed by atoms with E-state index in [0.29, 0.717) is 11.2 Å². The van der Waals surface area contributed by atoms with Crippen LogP contribution in [0.4, 0.5) is 21.5 Å². The molecule has 26 heavy (non-hydrogen) atoms. The summed E-state index contributed by atoms with van der Waals surface area (Å²) in [5.41, 5.74) is 5.24. The second-order valence-electron chi connectivity index (χ2n) is 6.04. The lowest BCUT2D eigenvalue weighted by Crippen LogP contribution is -2.28. The first-order valence-corrected chi connectivity index (χ1v) is 10.2. The van der Waals surface area contributed by atoms with E-state index in [2.05, 4.69) is 21.4 Å². The zero-order valence-electron chi connectivity index (χ0n) is 15.6. The predicted octanol–water partition coefficient (Wildman–Crippen LogP) is 7.41. The number of halogens is 2. The molecule has 0 aromatic heterocycles. The highest BCUT2D eigenvalue weighted by atomic mass is 79.9. The van der Waals surface area contributed by atoms with Gasteiger partial charge in [0.25, 0.3) is 0 Å². The molecule has 1 heterocycles. The van der Waals surface area contributed by atoms with Crippen LogP contribution in [0.5, 0.6) is 0 Å². The van der Waals surface area contributed by atoms with Gasteiger partial charge in [0.15, 0.2) is 6.73 Å². The zero-order chi connectivity index (χ0) is 18.8. The third kappa shape index (κ3) is 5.71. The van der Waals surface area contributed by atoms with Crippen LogP contribution < -0.4 is 10.4 Å². The number of para-hydroxylation sites is 1. The van der Waals surface area contributed by atoms with Gasteiger partial charge in [0.05, 0.1) is 15.8 Å². The lowest BCUT2D eigenvalue weighted by Gasteiger charge is -2.31. The topological polar surface area (TPSA) is 24.5 Å². The lowest BCUT2D eigenvalue weighted by atomic mass is 10.0. The number of benzene rings is 2. The van der Waals surface area contributed by atoms with Crippen LogP contribution >= 0.6 is 15.9 Å². The first kappa shape index (κ1) is 20.7. The Bertz CT molecular complexity index is 651. The van der Waals surface area contributed by atoms with Crippen molar-refractivity contribution < 1.29 is 9.23 Å². The van der Waals surface area contributed by atoms with Gasteiger partial charge in [-0.15, -0.1) is 0 Å². The molecule has 142 valence electrons. The van der Waals surface area contributed by atoms with Crippen molar-refractivity contribution in [3.63, 3.8) is 0 Å². The third-order valence-corrected chi connectivity index (χ3v) is 4.88. The molecule has 2 aromatic rings. The second-order valence-corrected chi connectivity index (χ2v) is 6.90. The quantitative estimate of drug-likeness (QED) is 0.517. The summed E-state index contributed by atoms with van der Waals surface area (Å²) in [5, 5.41) is 0. The Morgan fingerprint density at radius 1 is 0.962 bits per heavy atom. The number of nitrogens with zero attached hydrogens (tertiary/aromatic N) is 1. The van der Waals surface area contributed by atoms with Crippen molar-refractivity contribution in [3.8, 4) is 0 Å². The number of nitrogens with one attached hydrogen (secondary N) is 1. The summed E-state index contributed by atoms with van der Waals surface area (Å²) in [6.45, 7) is 4.33. The van der Waals surface area contributed by atoms with Gasteiger partial charge in [-0.3, -0.25) is 10.3 Å². The Morgan fingerprint density at radius 2 is 1.54 bits per heavy atom. The number of rotatable bonds is 1. The molecule has 2 aliphatic rings. The van der Waals surface area contributed by atoms with E-state index in [1.165, 1.54) is 44.6 Å². The SMILES string of the molecule is C1CCCCC1.CC.Fc1cc2c(cc1Br)NOCN2c1ccccc1. The summed E-state index contributed by atoms with van der Waals surface area (Å²) < 4.78 is 14.1.